The van der Waals surface area contributed by atoms with Crippen LogP contribution < -0.4 is 4.90 Å². The summed E-state index contributed by atoms with van der Waals surface area (Å²) in [7, 11) is -1.96. The van der Waals surface area contributed by atoms with Gasteiger partial charge in [-0.3, -0.25) is 9.88 Å². The van der Waals surface area contributed by atoms with Crippen LogP contribution >= 0.6 is 7.57 Å². The summed E-state index contributed by atoms with van der Waals surface area (Å²) in [5.41, 5.74) is 4.27. The SMILES string of the molecule is C=P(O)(O)OC[C@@H]1OC(=O)N2c3ccc(-c4ccc(-c5nnn(C)n5)nc4)cc3C[C@@H]12. The second-order valence-electron chi connectivity index (χ2n) is 7.40. The lowest BCUT2D eigenvalue weighted by molar-refractivity contribution is 0.0852. The molecule has 1 amide bonds. The summed E-state index contributed by atoms with van der Waals surface area (Å²) < 4.78 is 10.3. The molecule has 2 aliphatic rings. The monoisotopic (exact) mass is 442 g/mol. The molecule has 0 bridgehead atoms. The van der Waals surface area contributed by atoms with Crippen LogP contribution in [0.1, 0.15) is 5.56 Å². The standard InChI is InChI=1S/C19H19N6O5P/c1-24-22-18(21-23-24)14-5-3-12(9-20-14)11-4-6-15-13(7-11)8-16-17(10-29-31(2,27)28)30-19(26)25(15)16/h3-7,9,16-17,27-28H,2,8,10H2,1H3/t16-,17-/m0/s1. The number of ether oxygens (including phenoxy) is 1. The lowest BCUT2D eigenvalue weighted by atomic mass is 10.0. The highest BCUT2D eigenvalue weighted by Crippen LogP contribution is 2.42. The first-order chi connectivity index (χ1) is 14.8. The highest BCUT2D eigenvalue weighted by molar-refractivity contribution is 7.57. The predicted octanol–water partition coefficient (Wildman–Crippen LogP) is 1.38. The number of aromatic nitrogens is 5. The number of benzene rings is 1. The second-order valence-corrected chi connectivity index (χ2v) is 8.99. The molecule has 1 saturated heterocycles. The topological polar surface area (TPSA) is 136 Å². The van der Waals surface area contributed by atoms with Crippen LogP contribution in [0.25, 0.3) is 22.6 Å². The Hall–Kier alpha value is -3.11. The second kappa shape index (κ2) is 7.24. The van der Waals surface area contributed by atoms with Gasteiger partial charge in [-0.15, -0.1) is 10.2 Å². The Labute approximate surface area is 177 Å². The van der Waals surface area contributed by atoms with Crippen molar-refractivity contribution in [2.75, 3.05) is 11.5 Å². The molecule has 2 atom stereocenters. The van der Waals surface area contributed by atoms with E-state index in [4.69, 9.17) is 9.26 Å². The van der Waals surface area contributed by atoms with E-state index in [1.165, 1.54) is 4.80 Å². The van der Waals surface area contributed by atoms with E-state index in [0.29, 0.717) is 17.9 Å². The largest absolute Gasteiger partial charge is 0.441 e. The molecule has 1 fully saturated rings. The summed E-state index contributed by atoms with van der Waals surface area (Å²) in [6.07, 6.45) is 4.40. The van der Waals surface area contributed by atoms with E-state index in [2.05, 4.69) is 26.7 Å². The van der Waals surface area contributed by atoms with Gasteiger partial charge < -0.3 is 19.0 Å². The minimum atomic E-state index is -3.65. The fourth-order valence-electron chi connectivity index (χ4n) is 3.88. The van der Waals surface area contributed by atoms with Crippen molar-refractivity contribution in [2.24, 2.45) is 7.05 Å². The molecule has 0 radical (unpaired) electrons. The first-order valence-corrected chi connectivity index (χ1v) is 11.3. The molecular weight excluding hydrogens is 423 g/mol. The zero-order valence-electron chi connectivity index (χ0n) is 16.5. The Bertz CT molecular complexity index is 1210. The third-order valence-electron chi connectivity index (χ3n) is 5.26. The minimum absolute atomic E-state index is 0.125. The predicted molar refractivity (Wildman–Crippen MR) is 112 cm³/mol. The van der Waals surface area contributed by atoms with E-state index in [1.54, 1.807) is 18.1 Å². The third-order valence-corrected chi connectivity index (χ3v) is 5.82. The molecule has 31 heavy (non-hydrogen) atoms. The Morgan fingerprint density at radius 3 is 2.77 bits per heavy atom. The molecule has 0 saturated carbocycles. The van der Waals surface area contributed by atoms with Crippen LogP contribution in [0.3, 0.4) is 0 Å². The molecule has 2 aliphatic heterocycles. The van der Waals surface area contributed by atoms with Gasteiger partial charge in [0.2, 0.25) is 13.4 Å². The summed E-state index contributed by atoms with van der Waals surface area (Å²) in [5.74, 6) is 0.454. The highest BCUT2D eigenvalue weighted by Gasteiger charge is 2.47. The van der Waals surface area contributed by atoms with Gasteiger partial charge in [-0.05, 0) is 47.3 Å². The molecule has 160 valence electrons. The average molecular weight is 442 g/mol. The third kappa shape index (κ3) is 3.72. The zero-order chi connectivity index (χ0) is 21.8. The van der Waals surface area contributed by atoms with Gasteiger partial charge in [0.1, 0.15) is 11.8 Å². The van der Waals surface area contributed by atoms with Gasteiger partial charge in [-0.2, -0.15) is 4.80 Å². The van der Waals surface area contributed by atoms with Crippen molar-refractivity contribution in [3.05, 3.63) is 42.1 Å². The lowest BCUT2D eigenvalue weighted by Crippen LogP contribution is -2.35. The molecule has 3 aromatic rings. The van der Waals surface area contributed by atoms with E-state index in [1.807, 2.05) is 30.3 Å². The van der Waals surface area contributed by atoms with Gasteiger partial charge in [0.05, 0.1) is 25.4 Å². The molecule has 0 aliphatic carbocycles. The maximum atomic E-state index is 12.4. The summed E-state index contributed by atoms with van der Waals surface area (Å²) in [4.78, 5) is 38.5. The van der Waals surface area contributed by atoms with Crippen LogP contribution in [0.5, 0.6) is 0 Å². The van der Waals surface area contributed by atoms with E-state index < -0.39 is 19.8 Å². The van der Waals surface area contributed by atoms with Gasteiger partial charge in [0.25, 0.3) is 0 Å². The fourth-order valence-corrected chi connectivity index (χ4v) is 4.26. The van der Waals surface area contributed by atoms with Crippen molar-refractivity contribution in [1.29, 1.82) is 0 Å². The molecule has 12 heteroatoms. The van der Waals surface area contributed by atoms with Crippen LogP contribution in [-0.4, -0.2) is 66.1 Å². The lowest BCUT2D eigenvalue weighted by Gasteiger charge is -2.18. The number of rotatable bonds is 5. The fraction of sp³-hybridized carbons (Fsp3) is 0.263. The number of carbonyl (C=O) groups excluding carboxylic acids is 1. The summed E-state index contributed by atoms with van der Waals surface area (Å²) in [6.45, 7) is -0.125. The molecule has 4 heterocycles. The van der Waals surface area contributed by atoms with E-state index in [-0.39, 0.29) is 12.6 Å². The van der Waals surface area contributed by atoms with E-state index in [9.17, 15) is 14.6 Å². The molecule has 11 nitrogen and oxygen atoms in total. The van der Waals surface area contributed by atoms with Gasteiger partial charge in [0.15, 0.2) is 0 Å². The van der Waals surface area contributed by atoms with Crippen LogP contribution in [0.15, 0.2) is 36.5 Å². The number of nitrogens with zero attached hydrogens (tertiary/aromatic N) is 6. The number of cyclic esters (lactones) is 1. The van der Waals surface area contributed by atoms with Gasteiger partial charge in [-0.1, -0.05) is 12.1 Å². The van der Waals surface area contributed by atoms with Crippen molar-refractivity contribution >= 4 is 25.6 Å². The zero-order valence-corrected chi connectivity index (χ0v) is 17.4. The molecule has 0 spiro atoms. The van der Waals surface area contributed by atoms with Crippen molar-refractivity contribution in [3.63, 3.8) is 0 Å². The molecule has 5 rings (SSSR count). The smallest absolute Gasteiger partial charge is 0.415 e. The first-order valence-electron chi connectivity index (χ1n) is 9.45. The molecular formula is C19H19N6O5P. The number of hydrogen-bond acceptors (Lipinski definition) is 9. The van der Waals surface area contributed by atoms with Crippen LogP contribution in [-0.2, 0) is 22.7 Å². The molecule has 2 aromatic heterocycles. The maximum absolute atomic E-state index is 12.4. The van der Waals surface area contributed by atoms with Crippen LogP contribution in [0, 0.1) is 0 Å². The number of amides is 1. The van der Waals surface area contributed by atoms with E-state index >= 15 is 0 Å². The number of hydrogen-bond donors (Lipinski definition) is 2. The van der Waals surface area contributed by atoms with Gasteiger partial charge >= 0.3 is 6.09 Å². The Morgan fingerprint density at radius 2 is 2.10 bits per heavy atom. The number of carbonyl (C=O) groups is 1. The first kappa shape index (κ1) is 19.8. The maximum Gasteiger partial charge on any atom is 0.415 e. The Kier molecular flexibility index (Phi) is 4.63. The number of fused-ring (bicyclic) bond motifs is 3. The Morgan fingerprint density at radius 1 is 1.29 bits per heavy atom. The van der Waals surface area contributed by atoms with Crippen LogP contribution in [0.2, 0.25) is 0 Å². The van der Waals surface area contributed by atoms with Gasteiger partial charge in [0, 0.05) is 11.8 Å². The quantitative estimate of drug-likeness (QED) is 0.562. The summed E-state index contributed by atoms with van der Waals surface area (Å²) >= 11 is 0. The van der Waals surface area contributed by atoms with Crippen LogP contribution in [0.4, 0.5) is 10.5 Å². The number of pyridine rings is 1. The molecule has 0 unspecified atom stereocenters. The van der Waals surface area contributed by atoms with E-state index in [0.717, 1.165) is 22.4 Å². The molecule has 1 aromatic carbocycles. The highest BCUT2D eigenvalue weighted by atomic mass is 31.2. The van der Waals surface area contributed by atoms with Gasteiger partial charge in [-0.25, -0.2) is 4.79 Å². The normalized spacial score (nSPS) is 20.0. The van der Waals surface area contributed by atoms with Crippen molar-refractivity contribution in [3.8, 4) is 22.6 Å². The minimum Gasteiger partial charge on any atom is -0.441 e. The van der Waals surface area contributed by atoms with Crippen molar-refractivity contribution < 1.29 is 23.8 Å². The average Bonchev–Trinajstić information content (AvgIpc) is 3.41. The van der Waals surface area contributed by atoms with Crippen molar-refractivity contribution in [2.45, 2.75) is 18.6 Å². The number of anilines is 1. The number of tetrazole rings is 1. The Balaban J connectivity index is 1.37. The summed E-state index contributed by atoms with van der Waals surface area (Å²) in [5, 5.41) is 11.9. The number of aryl methyl sites for hydroxylation is 1. The molecule has 2 N–H and O–H groups in total. The summed E-state index contributed by atoms with van der Waals surface area (Å²) in [6, 6.07) is 9.31. The van der Waals surface area contributed by atoms with Crippen molar-refractivity contribution in [1.82, 2.24) is 25.2 Å².